The highest BCUT2D eigenvalue weighted by molar-refractivity contribution is 5.17. The predicted molar refractivity (Wildman–Crippen MR) is 71.1 cm³/mol. The number of rotatable bonds is 4. The Morgan fingerprint density at radius 3 is 2.89 bits per heavy atom. The van der Waals surface area contributed by atoms with Crippen molar-refractivity contribution in [2.75, 3.05) is 26.2 Å². The fourth-order valence-corrected chi connectivity index (χ4v) is 2.84. The molecule has 3 rings (SSSR count). The molecule has 1 unspecified atom stereocenters. The lowest BCUT2D eigenvalue weighted by Crippen LogP contribution is -2.52. The van der Waals surface area contributed by atoms with E-state index >= 15 is 0 Å². The van der Waals surface area contributed by atoms with Crippen LogP contribution in [-0.4, -0.2) is 37.1 Å². The van der Waals surface area contributed by atoms with Crippen LogP contribution in [0.15, 0.2) is 24.3 Å². The van der Waals surface area contributed by atoms with Gasteiger partial charge in [0.2, 0.25) is 0 Å². The molecule has 3 heteroatoms. The number of hydrogen-bond donors (Lipinski definition) is 1. The molecule has 98 valence electrons. The first-order chi connectivity index (χ1) is 8.83. The van der Waals surface area contributed by atoms with E-state index in [1.807, 2.05) is 12.1 Å². The van der Waals surface area contributed by atoms with Crippen molar-refractivity contribution in [2.45, 2.75) is 25.3 Å². The summed E-state index contributed by atoms with van der Waals surface area (Å²) >= 11 is 0. The van der Waals surface area contributed by atoms with Crippen LogP contribution in [-0.2, 0) is 6.42 Å². The first-order valence-electron chi connectivity index (χ1n) is 7.02. The molecule has 1 aromatic carbocycles. The molecule has 1 saturated carbocycles. The molecular formula is C15H21FN2. The normalized spacial score (nSPS) is 25.3. The van der Waals surface area contributed by atoms with Gasteiger partial charge in [-0.3, -0.25) is 0 Å². The Morgan fingerprint density at radius 2 is 2.11 bits per heavy atom. The number of nitrogens with zero attached hydrogens (tertiary/aromatic N) is 1. The van der Waals surface area contributed by atoms with Gasteiger partial charge in [-0.05, 0) is 36.8 Å². The van der Waals surface area contributed by atoms with E-state index in [0.717, 1.165) is 44.1 Å². The van der Waals surface area contributed by atoms with Crippen LogP contribution < -0.4 is 5.32 Å². The Kier molecular flexibility index (Phi) is 3.62. The zero-order chi connectivity index (χ0) is 12.4. The van der Waals surface area contributed by atoms with E-state index in [4.69, 9.17) is 0 Å². The lowest BCUT2D eigenvalue weighted by Gasteiger charge is -2.33. The summed E-state index contributed by atoms with van der Waals surface area (Å²) in [6, 6.07) is 7.81. The zero-order valence-electron chi connectivity index (χ0n) is 10.7. The Balaban J connectivity index is 1.52. The van der Waals surface area contributed by atoms with Gasteiger partial charge in [-0.15, -0.1) is 0 Å². The van der Waals surface area contributed by atoms with Gasteiger partial charge < -0.3 is 10.2 Å². The van der Waals surface area contributed by atoms with Gasteiger partial charge >= 0.3 is 0 Å². The molecule has 0 bridgehead atoms. The van der Waals surface area contributed by atoms with Crippen molar-refractivity contribution in [2.24, 2.45) is 5.92 Å². The summed E-state index contributed by atoms with van der Waals surface area (Å²) < 4.78 is 13.5. The van der Waals surface area contributed by atoms with Crippen molar-refractivity contribution in [3.8, 4) is 0 Å². The summed E-state index contributed by atoms with van der Waals surface area (Å²) in [5.41, 5.74) is 0.846. The molecule has 18 heavy (non-hydrogen) atoms. The standard InChI is InChI=1S/C15H21FN2/c16-14-4-2-1-3-12(14)7-9-18-10-8-17-15(11-18)13-5-6-13/h1-4,13,15,17H,5-11H2. The molecule has 1 aromatic rings. The minimum absolute atomic E-state index is 0.0635. The maximum Gasteiger partial charge on any atom is 0.126 e. The number of benzene rings is 1. The highest BCUT2D eigenvalue weighted by Crippen LogP contribution is 2.33. The van der Waals surface area contributed by atoms with Gasteiger partial charge in [-0.25, -0.2) is 4.39 Å². The van der Waals surface area contributed by atoms with Crippen LogP contribution in [0, 0.1) is 11.7 Å². The molecule has 1 aliphatic heterocycles. The fraction of sp³-hybridized carbons (Fsp3) is 0.600. The minimum atomic E-state index is -0.0635. The first kappa shape index (κ1) is 12.1. The van der Waals surface area contributed by atoms with Gasteiger partial charge in [0.1, 0.15) is 5.82 Å². The number of hydrogen-bond acceptors (Lipinski definition) is 2. The molecule has 1 aliphatic carbocycles. The third kappa shape index (κ3) is 2.90. The maximum atomic E-state index is 13.5. The second-order valence-corrected chi connectivity index (χ2v) is 5.54. The van der Waals surface area contributed by atoms with Crippen LogP contribution in [0.5, 0.6) is 0 Å². The van der Waals surface area contributed by atoms with Crippen LogP contribution in [0.2, 0.25) is 0 Å². The number of nitrogens with one attached hydrogen (secondary N) is 1. The van der Waals surface area contributed by atoms with Crippen LogP contribution in [0.4, 0.5) is 4.39 Å². The van der Waals surface area contributed by atoms with Crippen LogP contribution in [0.1, 0.15) is 18.4 Å². The Hall–Kier alpha value is -0.930. The molecule has 2 nitrogen and oxygen atoms in total. The third-order valence-corrected chi connectivity index (χ3v) is 4.14. The molecule has 0 aromatic heterocycles. The quantitative estimate of drug-likeness (QED) is 0.877. The third-order valence-electron chi connectivity index (χ3n) is 4.14. The molecule has 1 heterocycles. The van der Waals surface area contributed by atoms with Crippen LogP contribution in [0.3, 0.4) is 0 Å². The second-order valence-electron chi connectivity index (χ2n) is 5.54. The van der Waals surface area contributed by atoms with Crippen molar-refractivity contribution in [1.82, 2.24) is 10.2 Å². The topological polar surface area (TPSA) is 15.3 Å². The Labute approximate surface area is 108 Å². The van der Waals surface area contributed by atoms with E-state index < -0.39 is 0 Å². The van der Waals surface area contributed by atoms with E-state index in [1.165, 1.54) is 12.8 Å². The highest BCUT2D eigenvalue weighted by atomic mass is 19.1. The highest BCUT2D eigenvalue weighted by Gasteiger charge is 2.33. The van der Waals surface area contributed by atoms with Crippen molar-refractivity contribution in [1.29, 1.82) is 0 Å². The molecule has 2 aliphatic rings. The Bertz CT molecular complexity index is 403. The van der Waals surface area contributed by atoms with E-state index in [2.05, 4.69) is 10.2 Å². The lowest BCUT2D eigenvalue weighted by atomic mass is 10.1. The summed E-state index contributed by atoms with van der Waals surface area (Å²) in [5.74, 6) is 0.840. The molecule has 1 N–H and O–H groups in total. The SMILES string of the molecule is Fc1ccccc1CCN1CCNC(C2CC2)C1. The number of piperazine rings is 1. The largest absolute Gasteiger partial charge is 0.311 e. The van der Waals surface area contributed by atoms with E-state index in [1.54, 1.807) is 12.1 Å². The molecule has 1 saturated heterocycles. The van der Waals surface area contributed by atoms with Gasteiger partial charge in [0.15, 0.2) is 0 Å². The lowest BCUT2D eigenvalue weighted by molar-refractivity contribution is 0.190. The van der Waals surface area contributed by atoms with Gasteiger partial charge in [0.25, 0.3) is 0 Å². The smallest absolute Gasteiger partial charge is 0.126 e. The summed E-state index contributed by atoms with van der Waals surface area (Å²) in [7, 11) is 0. The van der Waals surface area contributed by atoms with Gasteiger partial charge in [0.05, 0.1) is 0 Å². The van der Waals surface area contributed by atoms with Crippen molar-refractivity contribution >= 4 is 0 Å². The number of halogens is 1. The minimum Gasteiger partial charge on any atom is -0.311 e. The van der Waals surface area contributed by atoms with E-state index in [-0.39, 0.29) is 5.82 Å². The summed E-state index contributed by atoms with van der Waals surface area (Å²) in [5, 5.41) is 3.60. The van der Waals surface area contributed by atoms with Gasteiger partial charge in [0, 0.05) is 32.2 Å². The Morgan fingerprint density at radius 1 is 1.28 bits per heavy atom. The fourth-order valence-electron chi connectivity index (χ4n) is 2.84. The van der Waals surface area contributed by atoms with Crippen molar-refractivity contribution in [3.63, 3.8) is 0 Å². The predicted octanol–water partition coefficient (Wildman–Crippen LogP) is 2.05. The zero-order valence-corrected chi connectivity index (χ0v) is 10.7. The van der Waals surface area contributed by atoms with Gasteiger partial charge in [-0.2, -0.15) is 0 Å². The van der Waals surface area contributed by atoms with Gasteiger partial charge in [-0.1, -0.05) is 18.2 Å². The first-order valence-corrected chi connectivity index (χ1v) is 7.02. The second kappa shape index (κ2) is 5.37. The van der Waals surface area contributed by atoms with E-state index in [0.29, 0.717) is 6.04 Å². The average molecular weight is 248 g/mol. The van der Waals surface area contributed by atoms with E-state index in [9.17, 15) is 4.39 Å². The molecule has 2 fully saturated rings. The van der Waals surface area contributed by atoms with Crippen LogP contribution >= 0.6 is 0 Å². The molecular weight excluding hydrogens is 227 g/mol. The molecule has 0 spiro atoms. The molecule has 0 radical (unpaired) electrons. The van der Waals surface area contributed by atoms with Crippen LogP contribution in [0.25, 0.3) is 0 Å². The van der Waals surface area contributed by atoms with Crippen molar-refractivity contribution in [3.05, 3.63) is 35.6 Å². The molecule has 0 amide bonds. The monoisotopic (exact) mass is 248 g/mol. The maximum absolute atomic E-state index is 13.5. The summed E-state index contributed by atoms with van der Waals surface area (Å²) in [6.07, 6.45) is 3.60. The average Bonchev–Trinajstić information content (AvgIpc) is 3.23. The summed E-state index contributed by atoms with van der Waals surface area (Å²) in [6.45, 7) is 4.29. The summed E-state index contributed by atoms with van der Waals surface area (Å²) in [4.78, 5) is 2.48. The van der Waals surface area contributed by atoms with Crippen molar-refractivity contribution < 1.29 is 4.39 Å². The molecule has 1 atom stereocenters.